The lowest BCUT2D eigenvalue weighted by molar-refractivity contribution is -0.142. The molecule has 3 aliphatic rings. The highest BCUT2D eigenvalue weighted by Crippen LogP contribution is 2.29. The number of ketones is 1. The highest BCUT2D eigenvalue weighted by molar-refractivity contribution is 5.98. The predicted octanol–water partition coefficient (Wildman–Crippen LogP) is 2.41. The number of nitrogens with zero attached hydrogens (tertiary/aromatic N) is 2. The average molecular weight is 895 g/mol. The molecule has 1 saturated carbocycles. The molecule has 6 atom stereocenters. The van der Waals surface area contributed by atoms with E-state index in [1.165, 1.54) is 11.8 Å². The van der Waals surface area contributed by atoms with Crippen molar-refractivity contribution in [3.8, 4) is 0 Å². The lowest BCUT2D eigenvalue weighted by Gasteiger charge is -2.32. The van der Waals surface area contributed by atoms with Crippen LogP contribution in [0.25, 0.3) is 10.9 Å². The van der Waals surface area contributed by atoms with Crippen molar-refractivity contribution in [2.24, 2.45) is 28.3 Å². The maximum atomic E-state index is 14.6. The monoisotopic (exact) mass is 895 g/mol. The van der Waals surface area contributed by atoms with E-state index in [1.54, 1.807) is 0 Å². The zero-order valence-electron chi connectivity index (χ0n) is 37.4. The second-order valence-electron chi connectivity index (χ2n) is 17.9. The van der Waals surface area contributed by atoms with Gasteiger partial charge in [0.15, 0.2) is 11.7 Å². The standard InChI is InChI=1S/C48H66N10O7/c1-30(59)54-39(25-31-13-4-2-5-14-31)44(62)55-37-20-11-22-51-43(61)33(17-10-23-52-48(49)50)28-42(60)38(27-34-29-53-36-19-9-8-18-35(34)36)56-45(63)40(26-32-15-6-3-7-16-32)57-46(64)41-21-12-24-58(41)47(37)65/h2,4-5,8-9,13-14,18-19,29,32-33,37-41,53H,3,6-7,10-12,15-17,20-28H2,1H3,(H,51,61)(H,54,59)(H,55,62)(H,56,63)(H,57,64)(H4,49,50,52)/t33-,37+,38+,39+,40-,41+/m1/s1. The van der Waals surface area contributed by atoms with E-state index in [0.717, 1.165) is 54.1 Å². The molecular weight excluding hydrogens is 829 g/mol. The molecule has 0 unspecified atom stereocenters. The number of nitrogens with one attached hydrogen (secondary N) is 6. The van der Waals surface area contributed by atoms with Crippen LogP contribution in [0.15, 0.2) is 65.8 Å². The molecule has 10 N–H and O–H groups in total. The van der Waals surface area contributed by atoms with Gasteiger partial charge in [0.05, 0.1) is 6.04 Å². The van der Waals surface area contributed by atoms with Gasteiger partial charge < -0.3 is 47.9 Å². The summed E-state index contributed by atoms with van der Waals surface area (Å²) in [5, 5.41) is 15.5. The first-order valence-electron chi connectivity index (χ1n) is 23.3. The second-order valence-corrected chi connectivity index (χ2v) is 17.9. The Balaban J connectivity index is 1.31. The van der Waals surface area contributed by atoms with Gasteiger partial charge >= 0.3 is 0 Å². The zero-order chi connectivity index (χ0) is 46.3. The summed E-state index contributed by atoms with van der Waals surface area (Å²) in [7, 11) is 0. The summed E-state index contributed by atoms with van der Waals surface area (Å²) in [4.78, 5) is 107. The third kappa shape index (κ3) is 13.9. The van der Waals surface area contributed by atoms with Crippen LogP contribution in [-0.2, 0) is 46.4 Å². The first-order chi connectivity index (χ1) is 31.4. The van der Waals surface area contributed by atoms with E-state index in [-0.39, 0.29) is 81.7 Å². The summed E-state index contributed by atoms with van der Waals surface area (Å²) in [6.45, 7) is 1.92. The number of guanidine groups is 1. The van der Waals surface area contributed by atoms with E-state index >= 15 is 0 Å². The van der Waals surface area contributed by atoms with Crippen molar-refractivity contribution < 1.29 is 33.6 Å². The normalized spacial score (nSPS) is 23.6. The third-order valence-electron chi connectivity index (χ3n) is 13.0. The summed E-state index contributed by atoms with van der Waals surface area (Å²) >= 11 is 0. The van der Waals surface area contributed by atoms with Gasteiger partial charge in [-0.05, 0) is 68.1 Å². The summed E-state index contributed by atoms with van der Waals surface area (Å²) in [6, 6.07) is 11.8. The van der Waals surface area contributed by atoms with Crippen molar-refractivity contribution in [1.82, 2.24) is 36.5 Å². The number of nitrogens with two attached hydrogens (primary N) is 2. The minimum Gasteiger partial charge on any atom is -0.370 e. The fraction of sp³-hybridized carbons (Fsp3) is 0.542. The first kappa shape index (κ1) is 48.2. The van der Waals surface area contributed by atoms with Gasteiger partial charge in [0.1, 0.15) is 24.2 Å². The summed E-state index contributed by atoms with van der Waals surface area (Å²) < 4.78 is 0. The van der Waals surface area contributed by atoms with Crippen LogP contribution in [0.2, 0.25) is 0 Å². The minimum absolute atomic E-state index is 0.0912. The number of benzene rings is 2. The number of H-pyrrole nitrogens is 1. The number of Topliss-reactive ketones (excluding diaryl/α,β-unsaturated/α-hetero) is 1. The van der Waals surface area contributed by atoms with Gasteiger partial charge in [0.25, 0.3) is 0 Å². The van der Waals surface area contributed by atoms with Gasteiger partial charge in [-0.25, -0.2) is 0 Å². The number of aromatic amines is 1. The second kappa shape index (κ2) is 23.6. The predicted molar refractivity (Wildman–Crippen MR) is 247 cm³/mol. The molecule has 0 spiro atoms. The summed E-state index contributed by atoms with van der Waals surface area (Å²) in [5.41, 5.74) is 13.6. The molecule has 17 nitrogen and oxygen atoms in total. The number of hydrogen-bond acceptors (Lipinski definition) is 8. The van der Waals surface area contributed by atoms with E-state index in [2.05, 4.69) is 36.6 Å². The van der Waals surface area contributed by atoms with Crippen LogP contribution < -0.4 is 38.1 Å². The van der Waals surface area contributed by atoms with Gasteiger partial charge in [0.2, 0.25) is 35.4 Å². The van der Waals surface area contributed by atoms with Crippen molar-refractivity contribution in [1.29, 1.82) is 0 Å². The van der Waals surface area contributed by atoms with Crippen LogP contribution in [0.3, 0.4) is 0 Å². The summed E-state index contributed by atoms with van der Waals surface area (Å²) in [5.74, 6) is -3.92. The molecule has 1 aromatic heterocycles. The number of amides is 6. The van der Waals surface area contributed by atoms with Crippen LogP contribution in [0, 0.1) is 11.8 Å². The number of carbonyl (C=O) groups is 7. The van der Waals surface area contributed by atoms with Gasteiger partial charge in [-0.15, -0.1) is 0 Å². The molecule has 0 radical (unpaired) electrons. The largest absolute Gasteiger partial charge is 0.370 e. The molecule has 2 saturated heterocycles. The van der Waals surface area contributed by atoms with E-state index in [1.807, 2.05) is 60.8 Å². The Morgan fingerprint density at radius 2 is 1.58 bits per heavy atom. The Morgan fingerprint density at radius 1 is 0.846 bits per heavy atom. The van der Waals surface area contributed by atoms with Crippen molar-refractivity contribution >= 4 is 58.1 Å². The molecule has 6 amide bonds. The fourth-order valence-corrected chi connectivity index (χ4v) is 9.55. The number of para-hydroxylation sites is 1. The number of hydrogen-bond donors (Lipinski definition) is 8. The van der Waals surface area contributed by atoms with Crippen LogP contribution in [0.4, 0.5) is 0 Å². The topological polar surface area (TPSA) is 263 Å². The Hall–Kier alpha value is -6.26. The van der Waals surface area contributed by atoms with E-state index in [9.17, 15) is 33.6 Å². The Morgan fingerprint density at radius 3 is 2.34 bits per heavy atom. The van der Waals surface area contributed by atoms with Crippen LogP contribution in [0.1, 0.15) is 102 Å². The lowest BCUT2D eigenvalue weighted by atomic mass is 9.84. The smallest absolute Gasteiger partial charge is 0.245 e. The van der Waals surface area contributed by atoms with E-state index in [0.29, 0.717) is 25.7 Å². The average Bonchev–Trinajstić information content (AvgIpc) is 3.95. The molecular formula is C48H66N10O7. The van der Waals surface area contributed by atoms with Crippen molar-refractivity contribution in [2.45, 2.75) is 133 Å². The third-order valence-corrected chi connectivity index (χ3v) is 13.0. The Bertz CT molecular complexity index is 2170. The highest BCUT2D eigenvalue weighted by atomic mass is 16.2. The van der Waals surface area contributed by atoms with Crippen LogP contribution in [-0.4, -0.2) is 107 Å². The quantitative estimate of drug-likeness (QED) is 0.0711. The van der Waals surface area contributed by atoms with E-state index < -0.39 is 65.7 Å². The molecule has 1 aliphatic carbocycles. The fourth-order valence-electron chi connectivity index (χ4n) is 9.55. The summed E-state index contributed by atoms with van der Waals surface area (Å²) in [6.07, 6.45) is 9.09. The number of fused-ring (bicyclic) bond motifs is 2. The van der Waals surface area contributed by atoms with Crippen molar-refractivity contribution in [3.05, 3.63) is 71.9 Å². The van der Waals surface area contributed by atoms with Crippen LogP contribution >= 0.6 is 0 Å². The van der Waals surface area contributed by atoms with Gasteiger partial charge in [-0.1, -0.05) is 80.6 Å². The first-order valence-corrected chi connectivity index (χ1v) is 23.3. The number of aliphatic imine (C=N–C) groups is 1. The maximum Gasteiger partial charge on any atom is 0.245 e. The van der Waals surface area contributed by atoms with Crippen LogP contribution in [0.5, 0.6) is 0 Å². The molecule has 3 heterocycles. The molecule has 65 heavy (non-hydrogen) atoms. The molecule has 6 rings (SSSR count). The molecule has 350 valence electrons. The molecule has 0 bridgehead atoms. The zero-order valence-corrected chi connectivity index (χ0v) is 37.4. The lowest BCUT2D eigenvalue weighted by Crippen LogP contribution is -2.59. The van der Waals surface area contributed by atoms with Crippen molar-refractivity contribution in [3.63, 3.8) is 0 Å². The Kier molecular flexibility index (Phi) is 17.5. The van der Waals surface area contributed by atoms with Gasteiger partial charge in [0, 0.05) is 68.8 Å². The molecule has 2 aromatic carbocycles. The number of aromatic nitrogens is 1. The number of carbonyl (C=O) groups excluding carboxylic acids is 7. The Labute approximate surface area is 380 Å². The molecule has 2 aliphatic heterocycles. The van der Waals surface area contributed by atoms with Gasteiger partial charge in [-0.3, -0.25) is 38.6 Å². The number of rotatable bonds is 13. The van der Waals surface area contributed by atoms with E-state index in [4.69, 9.17) is 11.5 Å². The molecule has 3 aromatic rings. The minimum atomic E-state index is -1.11. The van der Waals surface area contributed by atoms with Crippen molar-refractivity contribution in [2.75, 3.05) is 19.6 Å². The molecule has 3 fully saturated rings. The maximum absolute atomic E-state index is 14.6. The molecule has 17 heteroatoms. The van der Waals surface area contributed by atoms with Gasteiger partial charge in [-0.2, -0.15) is 0 Å². The SMILES string of the molecule is CC(=O)N[C@@H](Cc1ccccc1)C(=O)N[C@H]1CCCNC(=O)[C@H](CCCN=C(N)N)CC(=O)[C@H](Cc2c[nH]c3ccccc23)NC(=O)[C@@H](CC2CCCCC2)NC(=O)[C@@H]2CCCN2C1=O. The highest BCUT2D eigenvalue weighted by Gasteiger charge is 2.40.